The quantitative estimate of drug-likeness (QED) is 0.497. The van der Waals surface area contributed by atoms with Crippen molar-refractivity contribution in [2.24, 2.45) is 4.99 Å². The fraction of sp³-hybridized carbons (Fsp3) is 0.438. The van der Waals surface area contributed by atoms with Crippen LogP contribution >= 0.6 is 0 Å². The van der Waals surface area contributed by atoms with Crippen LogP contribution in [0.25, 0.3) is 0 Å². The van der Waals surface area contributed by atoms with Gasteiger partial charge >= 0.3 is 5.97 Å². The predicted molar refractivity (Wildman–Crippen MR) is 83.1 cm³/mol. The lowest BCUT2D eigenvalue weighted by Gasteiger charge is -2.16. The van der Waals surface area contributed by atoms with Crippen molar-refractivity contribution < 1.29 is 14.3 Å². The van der Waals surface area contributed by atoms with Gasteiger partial charge in [0.15, 0.2) is 0 Å². The Bertz CT molecular complexity index is 486. The molecule has 1 aromatic rings. The molecule has 1 rings (SSSR count). The Kier molecular flexibility index (Phi) is 7.32. The first-order chi connectivity index (χ1) is 10.1. The lowest BCUT2D eigenvalue weighted by atomic mass is 9.95. The molecule has 0 aliphatic carbocycles. The van der Waals surface area contributed by atoms with E-state index in [2.05, 4.69) is 24.0 Å². The Labute approximate surface area is 125 Å². The van der Waals surface area contributed by atoms with Crippen LogP contribution in [-0.4, -0.2) is 37.8 Å². The molecule has 1 aromatic carbocycles. The van der Waals surface area contributed by atoms with Crippen molar-refractivity contribution in [3.63, 3.8) is 0 Å². The number of esters is 1. The maximum Gasteiger partial charge on any atom is 0.375 e. The van der Waals surface area contributed by atoms with E-state index in [1.165, 1.54) is 11.8 Å². The topological polar surface area (TPSA) is 71.7 Å². The van der Waals surface area contributed by atoms with E-state index in [1.54, 1.807) is 14.0 Å². The van der Waals surface area contributed by atoms with E-state index >= 15 is 0 Å². The SMILES string of the molecule is CCOC(=O)C(=N)N=C[C@H](C[C@H](C)c1ccccc1)OC. The van der Waals surface area contributed by atoms with Crippen LogP contribution in [0, 0.1) is 5.41 Å². The number of hydrogen-bond acceptors (Lipinski definition) is 4. The van der Waals surface area contributed by atoms with E-state index in [1.807, 2.05) is 18.2 Å². The number of benzene rings is 1. The molecule has 5 nitrogen and oxygen atoms in total. The predicted octanol–water partition coefficient (Wildman–Crippen LogP) is 2.81. The van der Waals surface area contributed by atoms with Gasteiger partial charge in [-0.1, -0.05) is 37.3 Å². The third kappa shape index (κ3) is 5.87. The Hall–Kier alpha value is -2.01. The fourth-order valence-electron chi connectivity index (χ4n) is 1.89. The summed E-state index contributed by atoms with van der Waals surface area (Å²) in [5.41, 5.74) is 1.22. The molecule has 114 valence electrons. The van der Waals surface area contributed by atoms with Gasteiger partial charge in [0.05, 0.1) is 12.7 Å². The van der Waals surface area contributed by atoms with Gasteiger partial charge in [-0.3, -0.25) is 5.41 Å². The van der Waals surface area contributed by atoms with Gasteiger partial charge in [0.25, 0.3) is 0 Å². The second-order valence-corrected chi connectivity index (χ2v) is 4.67. The van der Waals surface area contributed by atoms with Crippen LogP contribution < -0.4 is 0 Å². The number of hydrogen-bond donors (Lipinski definition) is 1. The molecule has 0 radical (unpaired) electrons. The third-order valence-corrected chi connectivity index (χ3v) is 3.10. The molecule has 0 spiro atoms. The lowest BCUT2D eigenvalue weighted by Crippen LogP contribution is -2.19. The number of amidine groups is 1. The Balaban J connectivity index is 2.59. The molecule has 0 saturated heterocycles. The van der Waals surface area contributed by atoms with Crippen LogP contribution in [0.3, 0.4) is 0 Å². The van der Waals surface area contributed by atoms with Gasteiger partial charge < -0.3 is 9.47 Å². The van der Waals surface area contributed by atoms with Gasteiger partial charge in [-0.25, -0.2) is 9.79 Å². The van der Waals surface area contributed by atoms with Crippen molar-refractivity contribution in [1.82, 2.24) is 0 Å². The summed E-state index contributed by atoms with van der Waals surface area (Å²) in [6.07, 6.45) is 1.95. The van der Waals surface area contributed by atoms with Crippen LogP contribution in [-0.2, 0) is 14.3 Å². The number of aliphatic imine (C=N–C) groups is 1. The molecular formula is C16H22N2O3. The van der Waals surface area contributed by atoms with Crippen LogP contribution in [0.2, 0.25) is 0 Å². The fourth-order valence-corrected chi connectivity index (χ4v) is 1.89. The molecule has 0 aromatic heterocycles. The number of methoxy groups -OCH3 is 1. The zero-order chi connectivity index (χ0) is 15.7. The first-order valence-electron chi connectivity index (χ1n) is 6.96. The summed E-state index contributed by atoms with van der Waals surface area (Å²) in [7, 11) is 1.59. The van der Waals surface area contributed by atoms with E-state index in [0.29, 0.717) is 5.92 Å². The average molecular weight is 290 g/mol. The van der Waals surface area contributed by atoms with Crippen molar-refractivity contribution >= 4 is 18.0 Å². The monoisotopic (exact) mass is 290 g/mol. The van der Waals surface area contributed by atoms with E-state index in [9.17, 15) is 4.79 Å². The van der Waals surface area contributed by atoms with Gasteiger partial charge in [0, 0.05) is 13.3 Å². The largest absolute Gasteiger partial charge is 0.460 e. The number of carbonyl (C=O) groups excluding carboxylic acids is 1. The van der Waals surface area contributed by atoms with E-state index in [4.69, 9.17) is 14.9 Å². The standard InChI is InChI=1S/C16H22N2O3/c1-4-21-16(19)15(17)18-11-14(20-3)10-12(2)13-8-6-5-7-9-13/h5-9,11-12,14,17H,4,10H2,1-3H3/t12-,14-/m0/s1. The lowest BCUT2D eigenvalue weighted by molar-refractivity contribution is -0.135. The van der Waals surface area contributed by atoms with Gasteiger partial charge in [-0.05, 0) is 24.8 Å². The smallest absolute Gasteiger partial charge is 0.375 e. The van der Waals surface area contributed by atoms with E-state index in [-0.39, 0.29) is 12.7 Å². The second kappa shape index (κ2) is 9.02. The van der Waals surface area contributed by atoms with Gasteiger partial charge in [0.2, 0.25) is 5.84 Å². The summed E-state index contributed by atoms with van der Waals surface area (Å²) in [5.74, 6) is -0.842. The molecular weight excluding hydrogens is 268 g/mol. The Morgan fingerprint density at radius 2 is 2.05 bits per heavy atom. The van der Waals surface area contributed by atoms with Crippen LogP contribution in [0.4, 0.5) is 0 Å². The first-order valence-corrected chi connectivity index (χ1v) is 6.96. The summed E-state index contributed by atoms with van der Waals surface area (Å²) in [6.45, 7) is 4.02. The van der Waals surface area contributed by atoms with Crippen molar-refractivity contribution in [3.8, 4) is 0 Å². The highest BCUT2D eigenvalue weighted by molar-refractivity contribution is 6.35. The van der Waals surface area contributed by atoms with Crippen LogP contribution in [0.15, 0.2) is 35.3 Å². The minimum absolute atomic E-state index is 0.232. The zero-order valence-corrected chi connectivity index (χ0v) is 12.7. The normalized spacial score (nSPS) is 13.9. The van der Waals surface area contributed by atoms with E-state index in [0.717, 1.165) is 6.42 Å². The summed E-state index contributed by atoms with van der Waals surface area (Å²) in [4.78, 5) is 15.1. The average Bonchev–Trinajstić information content (AvgIpc) is 2.51. The maximum atomic E-state index is 11.3. The number of rotatable bonds is 6. The molecule has 0 saturated carbocycles. The van der Waals surface area contributed by atoms with Crippen molar-refractivity contribution in [2.45, 2.75) is 32.3 Å². The highest BCUT2D eigenvalue weighted by Crippen LogP contribution is 2.20. The second-order valence-electron chi connectivity index (χ2n) is 4.67. The van der Waals surface area contributed by atoms with Gasteiger partial charge in [-0.15, -0.1) is 0 Å². The summed E-state index contributed by atoms with van der Waals surface area (Å²) >= 11 is 0. The molecule has 5 heteroatoms. The minimum atomic E-state index is -0.722. The molecule has 0 unspecified atom stereocenters. The molecule has 21 heavy (non-hydrogen) atoms. The van der Waals surface area contributed by atoms with Crippen molar-refractivity contribution in [2.75, 3.05) is 13.7 Å². The Morgan fingerprint density at radius 1 is 1.38 bits per heavy atom. The van der Waals surface area contributed by atoms with Gasteiger partial charge in [0.1, 0.15) is 0 Å². The molecule has 0 aliphatic rings. The maximum absolute atomic E-state index is 11.3. The molecule has 0 bridgehead atoms. The van der Waals surface area contributed by atoms with E-state index < -0.39 is 11.8 Å². The highest BCUT2D eigenvalue weighted by Gasteiger charge is 2.14. The molecule has 0 heterocycles. The molecule has 0 fully saturated rings. The molecule has 2 atom stereocenters. The summed E-state index contributed by atoms with van der Waals surface area (Å²) < 4.78 is 10.0. The molecule has 0 amide bonds. The molecule has 0 aliphatic heterocycles. The Morgan fingerprint density at radius 3 is 2.62 bits per heavy atom. The first kappa shape index (κ1) is 17.0. The number of ether oxygens (including phenoxy) is 2. The zero-order valence-electron chi connectivity index (χ0n) is 12.7. The summed E-state index contributed by atoms with van der Waals surface area (Å²) in [5, 5.41) is 7.48. The van der Waals surface area contributed by atoms with Gasteiger partial charge in [-0.2, -0.15) is 0 Å². The minimum Gasteiger partial charge on any atom is -0.460 e. The van der Waals surface area contributed by atoms with Crippen molar-refractivity contribution in [3.05, 3.63) is 35.9 Å². The van der Waals surface area contributed by atoms with Crippen molar-refractivity contribution in [1.29, 1.82) is 5.41 Å². The number of nitrogens with one attached hydrogen (secondary N) is 1. The number of carbonyl (C=O) groups is 1. The number of nitrogens with zero attached hydrogens (tertiary/aromatic N) is 1. The highest BCUT2D eigenvalue weighted by atomic mass is 16.5. The summed E-state index contributed by atoms with van der Waals surface area (Å²) in [6, 6.07) is 10.1. The van der Waals surface area contributed by atoms with Crippen LogP contribution in [0.5, 0.6) is 0 Å². The third-order valence-electron chi connectivity index (χ3n) is 3.10. The molecule has 1 N–H and O–H groups in total. The van der Waals surface area contributed by atoms with Crippen LogP contribution in [0.1, 0.15) is 31.7 Å².